The highest BCUT2D eigenvalue weighted by atomic mass is 32.2. The number of hydrazine groups is 1. The van der Waals surface area contributed by atoms with E-state index < -0.39 is 27.5 Å². The number of nitrogens with one attached hydrogen (secondary N) is 4. The Balaban J connectivity index is 1.31. The molecule has 0 unspecified atom stereocenters. The molecule has 1 fully saturated rings. The molecule has 10 nitrogen and oxygen atoms in total. The van der Waals surface area contributed by atoms with Crippen LogP contribution in [-0.4, -0.2) is 46.6 Å². The Kier molecular flexibility index (Phi) is 7.36. The van der Waals surface area contributed by atoms with Crippen molar-refractivity contribution in [3.05, 3.63) is 60.6 Å². The number of carbonyl (C=O) groups is 1. The molecule has 0 saturated heterocycles. The Morgan fingerprint density at radius 2 is 1.90 bits per heavy atom. The van der Waals surface area contributed by atoms with E-state index in [4.69, 9.17) is 0 Å². The van der Waals surface area contributed by atoms with Crippen LogP contribution in [0.2, 0.25) is 0 Å². The number of rotatable bonds is 7. The lowest BCUT2D eigenvalue weighted by atomic mass is 9.85. The number of sulfone groups is 1. The van der Waals surface area contributed by atoms with Crippen molar-refractivity contribution in [3.63, 3.8) is 0 Å². The minimum Gasteiger partial charge on any atom is -0.360 e. The summed E-state index contributed by atoms with van der Waals surface area (Å²) >= 11 is 0. The number of anilines is 2. The van der Waals surface area contributed by atoms with E-state index in [-0.39, 0.29) is 34.3 Å². The lowest BCUT2D eigenvalue weighted by Crippen LogP contribution is -2.40. The fraction of sp³-hybridized carbons (Fsp3) is 0.308. The second kappa shape index (κ2) is 10.8. The number of aromatic amines is 1. The summed E-state index contributed by atoms with van der Waals surface area (Å²) in [4.78, 5) is 28.0. The molecule has 4 aromatic rings. The van der Waals surface area contributed by atoms with Gasteiger partial charge in [0.05, 0.1) is 5.69 Å². The predicted molar refractivity (Wildman–Crippen MR) is 143 cm³/mol. The number of H-pyrrole nitrogens is 1. The molecule has 210 valence electrons. The topological polar surface area (TPSA) is 142 Å². The van der Waals surface area contributed by atoms with Crippen molar-refractivity contribution in [2.24, 2.45) is 5.92 Å². The molecule has 1 aliphatic carbocycles. The fourth-order valence-corrected chi connectivity index (χ4v) is 5.66. The quantitative estimate of drug-likeness (QED) is 0.236. The lowest BCUT2D eigenvalue weighted by molar-refractivity contribution is -0.137. The Hall–Kier alpha value is -4.20. The highest BCUT2D eigenvalue weighted by molar-refractivity contribution is 7.90. The molecule has 0 radical (unpaired) electrons. The molecule has 3 heterocycles. The van der Waals surface area contributed by atoms with Gasteiger partial charge in [0, 0.05) is 53.3 Å². The van der Waals surface area contributed by atoms with Crippen LogP contribution in [0.5, 0.6) is 0 Å². The third kappa shape index (κ3) is 5.86. The van der Waals surface area contributed by atoms with Gasteiger partial charge in [-0.3, -0.25) is 15.6 Å². The fourth-order valence-electron chi connectivity index (χ4n) is 4.88. The van der Waals surface area contributed by atoms with Crippen molar-refractivity contribution in [2.75, 3.05) is 17.0 Å². The van der Waals surface area contributed by atoms with Gasteiger partial charge in [-0.1, -0.05) is 24.6 Å². The SMILES string of the molecule is CS(=O)(=O)c1cccnc1NNC(=O)[C@H]1CCC[C@@H](Nc2ncc(C(F)(F)F)c(-c3c[nH]c4ccccc34)n2)C1. The summed E-state index contributed by atoms with van der Waals surface area (Å²) < 4.78 is 65.5. The van der Waals surface area contributed by atoms with Gasteiger partial charge in [-0.2, -0.15) is 13.2 Å². The van der Waals surface area contributed by atoms with Gasteiger partial charge in [-0.15, -0.1) is 0 Å². The van der Waals surface area contributed by atoms with Crippen molar-refractivity contribution in [1.29, 1.82) is 0 Å². The van der Waals surface area contributed by atoms with Crippen LogP contribution >= 0.6 is 0 Å². The van der Waals surface area contributed by atoms with E-state index in [1.54, 1.807) is 24.3 Å². The smallest absolute Gasteiger partial charge is 0.360 e. The standard InChI is InChI=1S/C26H26F3N7O3S/c1-40(38,39)21-10-5-11-30-23(21)35-36-24(37)15-6-4-7-16(12-15)33-25-32-14-19(26(27,28)29)22(34-25)18-13-31-20-9-3-2-8-17(18)20/h2-3,5,8-11,13-16,31H,4,6-7,12H2,1H3,(H,30,35)(H,36,37)(H,32,33,34)/t15-,16+/m0/s1. The number of amides is 1. The molecule has 1 amide bonds. The van der Waals surface area contributed by atoms with Gasteiger partial charge in [0.2, 0.25) is 11.9 Å². The van der Waals surface area contributed by atoms with Crippen molar-refractivity contribution in [1.82, 2.24) is 25.4 Å². The summed E-state index contributed by atoms with van der Waals surface area (Å²) in [6.45, 7) is 0. The number of alkyl halides is 3. The molecular formula is C26H26F3N7O3S. The summed E-state index contributed by atoms with van der Waals surface area (Å²) in [7, 11) is -3.57. The molecule has 3 aromatic heterocycles. The molecule has 0 aliphatic heterocycles. The summed E-state index contributed by atoms with van der Waals surface area (Å²) in [5, 5.41) is 3.71. The number of fused-ring (bicyclic) bond motifs is 1. The van der Waals surface area contributed by atoms with Gasteiger partial charge < -0.3 is 10.3 Å². The van der Waals surface area contributed by atoms with Crippen LogP contribution in [0.4, 0.5) is 24.9 Å². The van der Waals surface area contributed by atoms with Crippen molar-refractivity contribution < 1.29 is 26.4 Å². The number of halogens is 3. The summed E-state index contributed by atoms with van der Waals surface area (Å²) in [5.74, 6) is -0.758. The molecule has 0 bridgehead atoms. The zero-order valence-electron chi connectivity index (χ0n) is 21.3. The van der Waals surface area contributed by atoms with Crippen molar-refractivity contribution >= 4 is 38.4 Å². The number of carbonyl (C=O) groups excluding carboxylic acids is 1. The van der Waals surface area contributed by atoms with E-state index in [2.05, 4.69) is 36.1 Å². The highest BCUT2D eigenvalue weighted by Gasteiger charge is 2.36. The maximum Gasteiger partial charge on any atom is 0.419 e. The monoisotopic (exact) mass is 573 g/mol. The zero-order chi connectivity index (χ0) is 28.5. The third-order valence-corrected chi connectivity index (χ3v) is 7.92. The first-order valence-electron chi connectivity index (χ1n) is 12.5. The molecule has 40 heavy (non-hydrogen) atoms. The molecule has 1 saturated carbocycles. The normalized spacial score (nSPS) is 17.9. The van der Waals surface area contributed by atoms with Gasteiger partial charge in [-0.25, -0.2) is 23.4 Å². The van der Waals surface area contributed by atoms with Gasteiger partial charge in [0.1, 0.15) is 10.5 Å². The number of hydrogen-bond acceptors (Lipinski definition) is 8. The van der Waals surface area contributed by atoms with Crippen LogP contribution in [0.25, 0.3) is 22.2 Å². The zero-order valence-corrected chi connectivity index (χ0v) is 22.1. The molecule has 1 aromatic carbocycles. The second-order valence-corrected chi connectivity index (χ2v) is 11.6. The minimum atomic E-state index is -4.65. The van der Waals surface area contributed by atoms with Gasteiger partial charge in [-0.05, 0) is 37.5 Å². The number of benzene rings is 1. The van der Waals surface area contributed by atoms with Crippen LogP contribution in [0.3, 0.4) is 0 Å². The van der Waals surface area contributed by atoms with Crippen molar-refractivity contribution in [2.45, 2.75) is 42.8 Å². The molecular weight excluding hydrogens is 547 g/mol. The Morgan fingerprint density at radius 1 is 1.10 bits per heavy atom. The number of aromatic nitrogens is 4. The Labute approximate surface area is 227 Å². The Morgan fingerprint density at radius 3 is 2.67 bits per heavy atom. The lowest BCUT2D eigenvalue weighted by Gasteiger charge is -2.29. The molecule has 0 spiro atoms. The van der Waals surface area contributed by atoms with Crippen LogP contribution in [0.1, 0.15) is 31.2 Å². The molecule has 5 rings (SSSR count). The molecule has 2 atom stereocenters. The van der Waals surface area contributed by atoms with Crippen LogP contribution in [0.15, 0.2) is 59.9 Å². The third-order valence-electron chi connectivity index (χ3n) is 6.79. The summed E-state index contributed by atoms with van der Waals surface area (Å²) in [6.07, 6.45) is 2.37. The van der Waals surface area contributed by atoms with Gasteiger partial charge >= 0.3 is 6.18 Å². The number of hydrogen-bond donors (Lipinski definition) is 4. The largest absolute Gasteiger partial charge is 0.419 e. The van der Waals surface area contributed by atoms with Gasteiger partial charge in [0.15, 0.2) is 15.7 Å². The maximum absolute atomic E-state index is 13.9. The second-order valence-electron chi connectivity index (χ2n) is 9.64. The maximum atomic E-state index is 13.9. The number of pyridine rings is 1. The Bertz CT molecular complexity index is 1660. The van der Waals surface area contributed by atoms with E-state index in [0.29, 0.717) is 42.1 Å². The van der Waals surface area contributed by atoms with Crippen molar-refractivity contribution in [3.8, 4) is 11.3 Å². The number of para-hydroxylation sites is 1. The first kappa shape index (κ1) is 27.4. The van der Waals surface area contributed by atoms with E-state index in [0.717, 1.165) is 12.5 Å². The molecule has 14 heteroatoms. The molecule has 4 N–H and O–H groups in total. The minimum absolute atomic E-state index is 0.00630. The number of nitrogens with zero attached hydrogens (tertiary/aromatic N) is 3. The van der Waals surface area contributed by atoms with Crippen LogP contribution in [0, 0.1) is 5.92 Å². The van der Waals surface area contributed by atoms with E-state index >= 15 is 0 Å². The predicted octanol–water partition coefficient (Wildman–Crippen LogP) is 4.56. The molecule has 1 aliphatic rings. The highest BCUT2D eigenvalue weighted by Crippen LogP contribution is 2.39. The van der Waals surface area contributed by atoms with E-state index in [1.807, 2.05) is 0 Å². The first-order chi connectivity index (χ1) is 19.0. The van der Waals surface area contributed by atoms with E-state index in [9.17, 15) is 26.4 Å². The summed E-state index contributed by atoms with van der Waals surface area (Å²) in [6, 6.07) is 9.61. The van der Waals surface area contributed by atoms with Gasteiger partial charge in [0.25, 0.3) is 0 Å². The van der Waals surface area contributed by atoms with Crippen LogP contribution < -0.4 is 16.2 Å². The van der Waals surface area contributed by atoms with E-state index in [1.165, 1.54) is 24.5 Å². The average molecular weight is 574 g/mol. The summed E-state index contributed by atoms with van der Waals surface area (Å²) in [5.41, 5.74) is 4.93. The average Bonchev–Trinajstić information content (AvgIpc) is 3.35. The first-order valence-corrected chi connectivity index (χ1v) is 14.4. The van der Waals surface area contributed by atoms with Crippen LogP contribution in [-0.2, 0) is 20.8 Å².